The van der Waals surface area contributed by atoms with E-state index < -0.39 is 5.91 Å². The molecular weight excluding hydrogens is 424 g/mol. The number of carbonyl (C=O) groups is 2. The van der Waals surface area contributed by atoms with Gasteiger partial charge in [0.05, 0.1) is 24.1 Å². The third-order valence-electron chi connectivity index (χ3n) is 5.66. The Morgan fingerprint density at radius 1 is 0.906 bits per heavy atom. The van der Waals surface area contributed by atoms with Crippen LogP contribution in [0.1, 0.15) is 22.3 Å². The van der Waals surface area contributed by atoms with Gasteiger partial charge in [-0.1, -0.05) is 53.6 Å². The van der Waals surface area contributed by atoms with Gasteiger partial charge in [-0.3, -0.25) is 9.59 Å². The first-order chi connectivity index (χ1) is 15.3. The molecule has 162 valence electrons. The topological polar surface area (TPSA) is 58.6 Å². The average molecular weight is 447 g/mol. The molecule has 1 N–H and O–H groups in total. The van der Waals surface area contributed by atoms with Gasteiger partial charge in [0.1, 0.15) is 11.4 Å². The summed E-state index contributed by atoms with van der Waals surface area (Å²) in [4.78, 5) is 28.5. The van der Waals surface area contributed by atoms with Gasteiger partial charge >= 0.3 is 0 Å². The van der Waals surface area contributed by atoms with Crippen molar-refractivity contribution in [2.45, 2.75) is 20.8 Å². The molecule has 1 heterocycles. The van der Waals surface area contributed by atoms with Crippen molar-refractivity contribution in [3.63, 3.8) is 0 Å². The Hall–Kier alpha value is -3.57. The summed E-state index contributed by atoms with van der Waals surface area (Å²) < 4.78 is 5.42. The number of anilines is 2. The Morgan fingerprint density at radius 2 is 1.62 bits per heavy atom. The molecule has 0 bridgehead atoms. The summed E-state index contributed by atoms with van der Waals surface area (Å²) in [7, 11) is 1.54. The maximum Gasteiger partial charge on any atom is 0.282 e. The van der Waals surface area contributed by atoms with E-state index in [4.69, 9.17) is 16.3 Å². The van der Waals surface area contributed by atoms with Crippen molar-refractivity contribution in [1.82, 2.24) is 0 Å². The smallest absolute Gasteiger partial charge is 0.282 e. The second kappa shape index (κ2) is 8.52. The Kier molecular flexibility index (Phi) is 5.76. The van der Waals surface area contributed by atoms with Crippen molar-refractivity contribution < 1.29 is 14.3 Å². The molecule has 0 atom stereocenters. The van der Waals surface area contributed by atoms with Crippen molar-refractivity contribution in [3.8, 4) is 5.75 Å². The molecule has 1 aliphatic rings. The lowest BCUT2D eigenvalue weighted by atomic mass is 10.0. The fraction of sp³-hybridized carbons (Fsp3) is 0.154. The van der Waals surface area contributed by atoms with Crippen LogP contribution in [-0.4, -0.2) is 18.9 Å². The molecule has 0 unspecified atom stereocenters. The number of amides is 2. The Balaban J connectivity index is 1.88. The Morgan fingerprint density at radius 3 is 2.31 bits per heavy atom. The van der Waals surface area contributed by atoms with Gasteiger partial charge in [0.15, 0.2) is 0 Å². The summed E-state index contributed by atoms with van der Waals surface area (Å²) >= 11 is 6.18. The maximum atomic E-state index is 13.6. The highest BCUT2D eigenvalue weighted by Gasteiger charge is 2.41. The molecule has 0 fully saturated rings. The fourth-order valence-electron chi connectivity index (χ4n) is 3.74. The molecule has 0 aromatic heterocycles. The van der Waals surface area contributed by atoms with Crippen LogP contribution in [0, 0.1) is 20.8 Å². The Bertz CT molecular complexity index is 1260. The van der Waals surface area contributed by atoms with Gasteiger partial charge < -0.3 is 10.1 Å². The lowest BCUT2D eigenvalue weighted by molar-refractivity contribution is -0.120. The van der Waals surface area contributed by atoms with Crippen molar-refractivity contribution in [2.75, 3.05) is 17.3 Å². The highest BCUT2D eigenvalue weighted by molar-refractivity contribution is 6.46. The standard InChI is InChI=1S/C26H23ClN2O3/c1-15-8-10-18(11-9-15)23-24(28-20-14-19(27)12-13-22(20)32-4)26(31)29(25(23)30)21-7-5-6-16(2)17(21)3/h5-14,28H,1-4H3. The summed E-state index contributed by atoms with van der Waals surface area (Å²) in [5.41, 5.74) is 5.15. The van der Waals surface area contributed by atoms with Gasteiger partial charge in [0.2, 0.25) is 0 Å². The molecule has 0 saturated carbocycles. The van der Waals surface area contributed by atoms with Crippen molar-refractivity contribution in [2.24, 2.45) is 0 Å². The van der Waals surface area contributed by atoms with E-state index in [0.29, 0.717) is 33.3 Å². The molecule has 4 rings (SSSR count). The fourth-order valence-corrected chi connectivity index (χ4v) is 3.92. The zero-order chi connectivity index (χ0) is 23.0. The number of benzene rings is 3. The first-order valence-corrected chi connectivity index (χ1v) is 10.6. The zero-order valence-electron chi connectivity index (χ0n) is 18.3. The Labute approximate surface area is 192 Å². The zero-order valence-corrected chi connectivity index (χ0v) is 19.1. The van der Waals surface area contributed by atoms with Crippen molar-refractivity contribution >= 4 is 40.4 Å². The largest absolute Gasteiger partial charge is 0.495 e. The number of methoxy groups -OCH3 is 1. The van der Waals surface area contributed by atoms with Crippen LogP contribution in [0.2, 0.25) is 5.02 Å². The van der Waals surface area contributed by atoms with E-state index >= 15 is 0 Å². The van der Waals surface area contributed by atoms with Crippen LogP contribution in [0.5, 0.6) is 5.75 Å². The molecule has 0 saturated heterocycles. The van der Waals surface area contributed by atoms with Crippen molar-refractivity contribution in [1.29, 1.82) is 0 Å². The van der Waals surface area contributed by atoms with Crippen LogP contribution in [0.4, 0.5) is 11.4 Å². The molecule has 32 heavy (non-hydrogen) atoms. The summed E-state index contributed by atoms with van der Waals surface area (Å²) in [6.07, 6.45) is 0. The number of carbonyl (C=O) groups excluding carboxylic acids is 2. The lowest BCUT2D eigenvalue weighted by Crippen LogP contribution is -2.33. The number of aryl methyl sites for hydroxylation is 2. The number of ether oxygens (including phenoxy) is 1. The summed E-state index contributed by atoms with van der Waals surface area (Å²) in [5, 5.41) is 3.62. The highest BCUT2D eigenvalue weighted by atomic mass is 35.5. The van der Waals surface area contributed by atoms with Crippen LogP contribution < -0.4 is 15.0 Å². The number of hydrogen-bond donors (Lipinski definition) is 1. The molecule has 6 heteroatoms. The van der Waals surface area contributed by atoms with Gasteiger partial charge in [-0.25, -0.2) is 4.90 Å². The molecule has 0 aliphatic carbocycles. The van der Waals surface area contributed by atoms with Gasteiger partial charge in [-0.15, -0.1) is 0 Å². The van der Waals surface area contributed by atoms with Gasteiger partial charge in [0, 0.05) is 5.02 Å². The third kappa shape index (κ3) is 3.76. The number of halogens is 1. The number of hydrogen-bond acceptors (Lipinski definition) is 4. The van der Waals surface area contributed by atoms with Crippen LogP contribution in [0.25, 0.3) is 5.57 Å². The average Bonchev–Trinajstić information content (AvgIpc) is 3.01. The van der Waals surface area contributed by atoms with Crippen LogP contribution in [0.15, 0.2) is 66.4 Å². The highest BCUT2D eigenvalue weighted by Crippen LogP contribution is 2.37. The number of nitrogens with zero attached hydrogens (tertiary/aromatic N) is 1. The molecular formula is C26H23ClN2O3. The first kappa shape index (κ1) is 21.7. The van der Waals surface area contributed by atoms with E-state index in [9.17, 15) is 9.59 Å². The molecule has 1 aliphatic heterocycles. The number of rotatable bonds is 5. The van der Waals surface area contributed by atoms with E-state index in [1.165, 1.54) is 12.0 Å². The monoisotopic (exact) mass is 446 g/mol. The number of nitrogens with one attached hydrogen (secondary N) is 1. The number of imide groups is 1. The molecule has 0 spiro atoms. The van der Waals surface area contributed by atoms with E-state index in [-0.39, 0.29) is 11.6 Å². The summed E-state index contributed by atoms with van der Waals surface area (Å²) in [6, 6.07) is 18.2. The molecule has 5 nitrogen and oxygen atoms in total. The van der Waals surface area contributed by atoms with Gasteiger partial charge in [0.25, 0.3) is 11.8 Å². The van der Waals surface area contributed by atoms with Crippen LogP contribution in [-0.2, 0) is 9.59 Å². The van der Waals surface area contributed by atoms with Gasteiger partial charge in [-0.2, -0.15) is 0 Å². The van der Waals surface area contributed by atoms with Crippen LogP contribution in [0.3, 0.4) is 0 Å². The van der Waals surface area contributed by atoms with E-state index in [0.717, 1.165) is 16.7 Å². The van der Waals surface area contributed by atoms with Crippen molar-refractivity contribution in [3.05, 3.63) is 93.6 Å². The molecule has 2 amide bonds. The minimum atomic E-state index is -0.429. The van der Waals surface area contributed by atoms with Crippen LogP contribution >= 0.6 is 11.6 Å². The second-order valence-corrected chi connectivity index (χ2v) is 8.19. The quantitative estimate of drug-likeness (QED) is 0.513. The summed E-state index contributed by atoms with van der Waals surface area (Å²) in [6.45, 7) is 5.83. The van der Waals surface area contributed by atoms with E-state index in [1.54, 1.807) is 24.3 Å². The predicted octanol–water partition coefficient (Wildman–Crippen LogP) is 5.67. The third-order valence-corrected chi connectivity index (χ3v) is 5.90. The predicted molar refractivity (Wildman–Crippen MR) is 128 cm³/mol. The van der Waals surface area contributed by atoms with Gasteiger partial charge in [-0.05, 0) is 61.7 Å². The first-order valence-electron chi connectivity index (χ1n) is 10.2. The lowest BCUT2D eigenvalue weighted by Gasteiger charge is -2.19. The minimum absolute atomic E-state index is 0.181. The minimum Gasteiger partial charge on any atom is -0.495 e. The molecule has 0 radical (unpaired) electrons. The summed E-state index contributed by atoms with van der Waals surface area (Å²) in [5.74, 6) is -0.298. The second-order valence-electron chi connectivity index (χ2n) is 7.75. The van der Waals surface area contributed by atoms with E-state index in [1.807, 2.05) is 57.2 Å². The SMILES string of the molecule is COc1ccc(Cl)cc1NC1=C(c2ccc(C)cc2)C(=O)N(c2cccc(C)c2C)C1=O. The van der Waals surface area contributed by atoms with E-state index in [2.05, 4.69) is 5.32 Å². The maximum absolute atomic E-state index is 13.6. The normalized spacial score (nSPS) is 13.7. The molecule has 3 aromatic carbocycles. The molecule has 3 aromatic rings.